The van der Waals surface area contributed by atoms with Gasteiger partial charge in [0.15, 0.2) is 0 Å². The maximum Gasteiger partial charge on any atom is 0.253 e. The zero-order valence-corrected chi connectivity index (χ0v) is 12.7. The van der Waals surface area contributed by atoms with E-state index in [9.17, 15) is 14.4 Å². The molecule has 0 bridgehead atoms. The summed E-state index contributed by atoms with van der Waals surface area (Å²) in [5.41, 5.74) is 0.604. The molecule has 2 aliphatic heterocycles. The van der Waals surface area contributed by atoms with Gasteiger partial charge in [-0.3, -0.25) is 14.4 Å². The van der Waals surface area contributed by atoms with Crippen LogP contribution in [0.4, 0.5) is 0 Å². The highest BCUT2D eigenvalue weighted by molar-refractivity contribution is 5.99. The number of amides is 3. The molecule has 0 unspecified atom stereocenters. The van der Waals surface area contributed by atoms with Crippen LogP contribution in [0.5, 0.6) is 0 Å². The van der Waals surface area contributed by atoms with Gasteiger partial charge in [-0.15, -0.1) is 0 Å². The van der Waals surface area contributed by atoms with Gasteiger partial charge in [-0.05, 0) is 19.1 Å². The molecule has 1 aromatic rings. The summed E-state index contributed by atoms with van der Waals surface area (Å²) in [4.78, 5) is 42.0. The predicted molar refractivity (Wildman–Crippen MR) is 80.1 cm³/mol. The highest BCUT2D eigenvalue weighted by Crippen LogP contribution is 2.21. The molecule has 0 N–H and O–H groups in total. The maximum absolute atomic E-state index is 12.5. The number of fused-ring (bicyclic) bond motifs is 1. The Kier molecular flexibility index (Phi) is 3.60. The lowest BCUT2D eigenvalue weighted by atomic mass is 10.0. The van der Waals surface area contributed by atoms with Crippen LogP contribution in [0.2, 0.25) is 0 Å². The fourth-order valence-electron chi connectivity index (χ4n) is 3.04. The lowest BCUT2D eigenvalue weighted by Crippen LogP contribution is -2.69. The summed E-state index contributed by atoms with van der Waals surface area (Å²) < 4.78 is 0. The molecule has 2 fully saturated rings. The molecule has 3 amide bonds. The third-order valence-electron chi connectivity index (χ3n) is 4.54. The number of hydrogen-bond donors (Lipinski definition) is 0. The van der Waals surface area contributed by atoms with Crippen molar-refractivity contribution < 1.29 is 14.4 Å². The second-order valence-electron chi connectivity index (χ2n) is 5.79. The van der Waals surface area contributed by atoms with E-state index in [1.54, 1.807) is 35.9 Å². The van der Waals surface area contributed by atoms with Crippen molar-refractivity contribution in [2.45, 2.75) is 19.0 Å². The summed E-state index contributed by atoms with van der Waals surface area (Å²) in [5, 5.41) is 0. The monoisotopic (exact) mass is 301 g/mol. The highest BCUT2D eigenvalue weighted by Gasteiger charge is 2.45. The summed E-state index contributed by atoms with van der Waals surface area (Å²) >= 11 is 0. The van der Waals surface area contributed by atoms with Crippen LogP contribution >= 0.6 is 0 Å². The normalized spacial score (nSPS) is 25.3. The second kappa shape index (κ2) is 5.44. The van der Waals surface area contributed by atoms with Crippen LogP contribution in [-0.4, -0.2) is 71.2 Å². The van der Waals surface area contributed by atoms with E-state index in [0.717, 1.165) is 0 Å². The van der Waals surface area contributed by atoms with Crippen LogP contribution in [0.1, 0.15) is 17.3 Å². The molecule has 2 aliphatic rings. The van der Waals surface area contributed by atoms with Crippen LogP contribution in [-0.2, 0) is 9.59 Å². The third-order valence-corrected chi connectivity index (χ3v) is 4.54. The van der Waals surface area contributed by atoms with E-state index in [2.05, 4.69) is 0 Å². The van der Waals surface area contributed by atoms with Gasteiger partial charge in [0, 0.05) is 25.7 Å². The predicted octanol–water partition coefficient (Wildman–Crippen LogP) is 0.200. The Hall–Kier alpha value is -2.37. The van der Waals surface area contributed by atoms with Crippen molar-refractivity contribution in [2.24, 2.45) is 0 Å². The minimum absolute atomic E-state index is 0.0427. The first-order valence-electron chi connectivity index (χ1n) is 7.42. The largest absolute Gasteiger partial charge is 0.334 e. The van der Waals surface area contributed by atoms with Gasteiger partial charge >= 0.3 is 0 Å². The van der Waals surface area contributed by atoms with Crippen LogP contribution < -0.4 is 0 Å². The van der Waals surface area contributed by atoms with E-state index < -0.39 is 12.1 Å². The van der Waals surface area contributed by atoms with Crippen molar-refractivity contribution in [3.8, 4) is 0 Å². The quantitative estimate of drug-likeness (QED) is 0.744. The Morgan fingerprint density at radius 2 is 1.77 bits per heavy atom. The van der Waals surface area contributed by atoms with Gasteiger partial charge in [0.25, 0.3) is 5.91 Å². The molecular weight excluding hydrogens is 282 g/mol. The first-order chi connectivity index (χ1) is 10.5. The smallest absolute Gasteiger partial charge is 0.253 e. The Labute approximate surface area is 129 Å². The zero-order valence-electron chi connectivity index (χ0n) is 12.7. The van der Waals surface area contributed by atoms with Gasteiger partial charge < -0.3 is 14.7 Å². The minimum Gasteiger partial charge on any atom is -0.334 e. The first-order valence-corrected chi connectivity index (χ1v) is 7.42. The Bertz CT molecular complexity index is 616. The molecule has 1 aromatic carbocycles. The lowest BCUT2D eigenvalue weighted by molar-refractivity contribution is -0.162. The van der Waals surface area contributed by atoms with E-state index in [1.165, 1.54) is 4.90 Å². The van der Waals surface area contributed by atoms with E-state index in [0.29, 0.717) is 18.7 Å². The maximum atomic E-state index is 12.5. The minimum atomic E-state index is -0.560. The van der Waals surface area contributed by atoms with Gasteiger partial charge in [0.1, 0.15) is 12.1 Å². The second-order valence-corrected chi connectivity index (χ2v) is 5.79. The molecule has 0 aromatic heterocycles. The molecule has 0 radical (unpaired) electrons. The molecular formula is C16H19N3O3. The standard InChI is InChI=1S/C16H19N3O3/c1-11-14(20)19-9-8-18(10-13(19)16(22)17(11)2)15(21)12-6-4-3-5-7-12/h3-7,11,13H,8-10H2,1-2H3/t11-,13+/m0/s1. The van der Waals surface area contributed by atoms with Crippen molar-refractivity contribution in [3.05, 3.63) is 35.9 Å². The average Bonchev–Trinajstić information content (AvgIpc) is 2.57. The summed E-state index contributed by atoms with van der Waals surface area (Å²) in [7, 11) is 1.64. The van der Waals surface area contributed by atoms with Crippen molar-refractivity contribution in [1.29, 1.82) is 0 Å². The number of likely N-dealkylation sites (N-methyl/N-ethyl adjacent to an activating group) is 1. The van der Waals surface area contributed by atoms with E-state index in [-0.39, 0.29) is 24.3 Å². The molecule has 6 heteroatoms. The number of carbonyl (C=O) groups is 3. The SMILES string of the molecule is C[C@H]1C(=O)N2CCN(C(=O)c3ccccc3)C[C@@H]2C(=O)N1C. The van der Waals surface area contributed by atoms with Gasteiger partial charge in [-0.25, -0.2) is 0 Å². The van der Waals surface area contributed by atoms with E-state index in [4.69, 9.17) is 0 Å². The van der Waals surface area contributed by atoms with Gasteiger partial charge in [-0.1, -0.05) is 18.2 Å². The summed E-state index contributed by atoms with van der Waals surface area (Å²) in [6, 6.07) is 8.01. The van der Waals surface area contributed by atoms with Crippen LogP contribution in [0.15, 0.2) is 30.3 Å². The fourth-order valence-corrected chi connectivity index (χ4v) is 3.04. The average molecular weight is 301 g/mol. The molecule has 0 spiro atoms. The highest BCUT2D eigenvalue weighted by atomic mass is 16.2. The van der Waals surface area contributed by atoms with Gasteiger partial charge in [-0.2, -0.15) is 0 Å². The first kappa shape index (κ1) is 14.6. The van der Waals surface area contributed by atoms with Gasteiger partial charge in [0.2, 0.25) is 11.8 Å². The van der Waals surface area contributed by atoms with Crippen molar-refractivity contribution in [1.82, 2.24) is 14.7 Å². The Morgan fingerprint density at radius 1 is 1.09 bits per heavy atom. The number of nitrogens with zero attached hydrogens (tertiary/aromatic N) is 3. The molecule has 3 rings (SSSR count). The summed E-state index contributed by atoms with van der Waals surface area (Å²) in [6.07, 6.45) is 0. The fraction of sp³-hybridized carbons (Fsp3) is 0.438. The number of benzene rings is 1. The summed E-state index contributed by atoms with van der Waals surface area (Å²) in [6.45, 7) is 2.86. The molecule has 6 nitrogen and oxygen atoms in total. The molecule has 0 saturated carbocycles. The van der Waals surface area contributed by atoms with Crippen molar-refractivity contribution >= 4 is 17.7 Å². The van der Waals surface area contributed by atoms with E-state index >= 15 is 0 Å². The molecule has 2 atom stereocenters. The van der Waals surface area contributed by atoms with Crippen LogP contribution in [0, 0.1) is 0 Å². The van der Waals surface area contributed by atoms with Crippen molar-refractivity contribution in [2.75, 3.05) is 26.7 Å². The Balaban J connectivity index is 1.80. The third kappa shape index (κ3) is 2.24. The molecule has 22 heavy (non-hydrogen) atoms. The number of piperazine rings is 2. The molecule has 0 aliphatic carbocycles. The number of hydrogen-bond acceptors (Lipinski definition) is 3. The van der Waals surface area contributed by atoms with E-state index in [1.807, 2.05) is 18.2 Å². The van der Waals surface area contributed by atoms with Gasteiger partial charge in [0.05, 0.1) is 6.54 Å². The molecule has 2 heterocycles. The zero-order chi connectivity index (χ0) is 15.9. The molecule has 2 saturated heterocycles. The summed E-state index contributed by atoms with van der Waals surface area (Å²) in [5.74, 6) is -0.238. The number of carbonyl (C=O) groups excluding carboxylic acids is 3. The van der Waals surface area contributed by atoms with Crippen LogP contribution in [0.25, 0.3) is 0 Å². The number of rotatable bonds is 1. The topological polar surface area (TPSA) is 60.9 Å². The Morgan fingerprint density at radius 3 is 2.45 bits per heavy atom. The lowest BCUT2D eigenvalue weighted by Gasteiger charge is -2.47. The molecule has 116 valence electrons. The van der Waals surface area contributed by atoms with Crippen LogP contribution in [0.3, 0.4) is 0 Å². The van der Waals surface area contributed by atoms with Crippen molar-refractivity contribution in [3.63, 3.8) is 0 Å².